The Morgan fingerprint density at radius 1 is 1.10 bits per heavy atom. The van der Waals surface area contributed by atoms with Gasteiger partial charge in [0.2, 0.25) is 0 Å². The molecular formula is C30H39F3N2O5. The molecule has 1 heterocycles. The summed E-state index contributed by atoms with van der Waals surface area (Å²) in [7, 11) is 0. The lowest BCUT2D eigenvalue weighted by Crippen LogP contribution is -2.46. The lowest BCUT2D eigenvalue weighted by Gasteiger charge is -2.40. The molecule has 2 fully saturated rings. The SMILES string of the molecule is CC1CCC(C(O)N(c2ccc(Oc3ccc(CN4CCOCC4)cc3C(F)(F)F)cc2C(=O)O)C(C)C)CC1. The van der Waals surface area contributed by atoms with E-state index in [1.807, 2.05) is 18.7 Å². The molecule has 0 aromatic heterocycles. The van der Waals surface area contributed by atoms with Crippen molar-refractivity contribution in [1.82, 2.24) is 4.90 Å². The number of benzene rings is 2. The number of carboxylic acids is 1. The quantitative estimate of drug-likeness (QED) is 0.342. The van der Waals surface area contributed by atoms with Crippen molar-refractivity contribution >= 4 is 11.7 Å². The third kappa shape index (κ3) is 7.27. The van der Waals surface area contributed by atoms with Crippen molar-refractivity contribution in [1.29, 1.82) is 0 Å². The molecule has 1 saturated heterocycles. The minimum atomic E-state index is -4.66. The molecule has 1 unspecified atom stereocenters. The highest BCUT2D eigenvalue weighted by atomic mass is 19.4. The number of rotatable bonds is 9. The first-order valence-corrected chi connectivity index (χ1v) is 14.0. The van der Waals surface area contributed by atoms with Gasteiger partial charge in [0.1, 0.15) is 17.7 Å². The molecule has 1 aliphatic heterocycles. The zero-order valence-electron chi connectivity index (χ0n) is 23.3. The number of aliphatic hydroxyl groups is 1. The monoisotopic (exact) mass is 564 g/mol. The number of morpholine rings is 1. The zero-order chi connectivity index (χ0) is 29.0. The van der Waals surface area contributed by atoms with Gasteiger partial charge >= 0.3 is 12.1 Å². The molecule has 2 aliphatic rings. The van der Waals surface area contributed by atoms with E-state index in [-0.39, 0.29) is 23.3 Å². The van der Waals surface area contributed by atoms with E-state index in [2.05, 4.69) is 6.92 Å². The Balaban J connectivity index is 1.61. The van der Waals surface area contributed by atoms with Gasteiger partial charge in [0, 0.05) is 31.6 Å². The molecule has 2 N–H and O–H groups in total. The van der Waals surface area contributed by atoms with E-state index in [0.29, 0.717) is 50.0 Å². The molecule has 220 valence electrons. The molecule has 1 atom stereocenters. The average Bonchev–Trinajstić information content (AvgIpc) is 2.90. The van der Waals surface area contributed by atoms with Crippen LogP contribution in [0.1, 0.15) is 67.9 Å². The number of carboxylic acid groups (broad SMARTS) is 1. The summed E-state index contributed by atoms with van der Waals surface area (Å²) < 4.78 is 53.0. The van der Waals surface area contributed by atoms with Gasteiger partial charge in [-0.25, -0.2) is 4.79 Å². The summed E-state index contributed by atoms with van der Waals surface area (Å²) >= 11 is 0. The molecule has 7 nitrogen and oxygen atoms in total. The molecule has 2 aromatic carbocycles. The molecule has 40 heavy (non-hydrogen) atoms. The Labute approximate surface area is 233 Å². The number of anilines is 1. The van der Waals surface area contributed by atoms with Gasteiger partial charge in [-0.15, -0.1) is 0 Å². The minimum absolute atomic E-state index is 0.00138. The number of halogens is 3. The van der Waals surface area contributed by atoms with E-state index in [1.165, 1.54) is 24.3 Å². The van der Waals surface area contributed by atoms with Crippen LogP contribution in [-0.2, 0) is 17.5 Å². The second kappa shape index (κ2) is 12.8. The fourth-order valence-corrected chi connectivity index (χ4v) is 5.64. The van der Waals surface area contributed by atoms with Gasteiger partial charge < -0.3 is 24.6 Å². The van der Waals surface area contributed by atoms with E-state index in [9.17, 15) is 28.2 Å². The Kier molecular flexibility index (Phi) is 9.64. The largest absolute Gasteiger partial charge is 0.478 e. The smallest absolute Gasteiger partial charge is 0.419 e. The van der Waals surface area contributed by atoms with Crippen LogP contribution >= 0.6 is 0 Å². The van der Waals surface area contributed by atoms with Crippen molar-refractivity contribution in [2.75, 3.05) is 31.2 Å². The Morgan fingerprint density at radius 3 is 2.38 bits per heavy atom. The lowest BCUT2D eigenvalue weighted by atomic mass is 9.81. The van der Waals surface area contributed by atoms with Crippen LogP contribution in [0.15, 0.2) is 36.4 Å². The third-order valence-electron chi connectivity index (χ3n) is 7.89. The van der Waals surface area contributed by atoms with Gasteiger partial charge in [0.15, 0.2) is 0 Å². The van der Waals surface area contributed by atoms with Crippen LogP contribution in [0.2, 0.25) is 0 Å². The maximum atomic E-state index is 14.0. The standard InChI is InChI=1S/C30H39F3N2O5/c1-19(2)35(28(36)22-7-4-20(3)5-8-22)26-10-9-23(17-24(26)29(37)38)40-27-11-6-21(16-25(27)30(31,32)33)18-34-12-14-39-15-13-34/h6,9-11,16-17,19-20,22,28,36H,4-5,7-8,12-15,18H2,1-3H3,(H,37,38). The summed E-state index contributed by atoms with van der Waals surface area (Å²) in [6, 6.07) is 7.93. The molecule has 0 radical (unpaired) electrons. The fourth-order valence-electron chi connectivity index (χ4n) is 5.64. The van der Waals surface area contributed by atoms with Crippen molar-refractivity contribution in [3.8, 4) is 11.5 Å². The van der Waals surface area contributed by atoms with Crippen LogP contribution in [-0.4, -0.2) is 59.7 Å². The van der Waals surface area contributed by atoms with E-state index >= 15 is 0 Å². The van der Waals surface area contributed by atoms with Crippen molar-refractivity contribution in [3.63, 3.8) is 0 Å². The van der Waals surface area contributed by atoms with Crippen LogP contribution < -0.4 is 9.64 Å². The predicted molar refractivity (Wildman–Crippen MR) is 146 cm³/mol. The number of nitrogens with zero attached hydrogens (tertiary/aromatic N) is 2. The first kappa shape index (κ1) is 30.1. The van der Waals surface area contributed by atoms with Crippen molar-refractivity contribution in [3.05, 3.63) is 53.1 Å². The molecule has 1 saturated carbocycles. The Morgan fingerprint density at radius 2 is 1.77 bits per heavy atom. The maximum Gasteiger partial charge on any atom is 0.419 e. The second-order valence-electron chi connectivity index (χ2n) is 11.2. The molecule has 0 spiro atoms. The van der Waals surface area contributed by atoms with Crippen molar-refractivity contribution in [2.24, 2.45) is 11.8 Å². The molecule has 4 rings (SSSR count). The second-order valence-corrected chi connectivity index (χ2v) is 11.2. The molecule has 2 aromatic rings. The van der Waals surface area contributed by atoms with Gasteiger partial charge in [0.05, 0.1) is 30.0 Å². The first-order valence-electron chi connectivity index (χ1n) is 14.0. The molecular weight excluding hydrogens is 525 g/mol. The van der Waals surface area contributed by atoms with Gasteiger partial charge in [-0.1, -0.05) is 25.8 Å². The van der Waals surface area contributed by atoms with E-state index in [0.717, 1.165) is 31.7 Å². The topological polar surface area (TPSA) is 82.5 Å². The van der Waals surface area contributed by atoms with Crippen LogP contribution in [0.4, 0.5) is 18.9 Å². The number of alkyl halides is 3. The van der Waals surface area contributed by atoms with Gasteiger partial charge in [-0.3, -0.25) is 4.90 Å². The van der Waals surface area contributed by atoms with Crippen LogP contribution in [0, 0.1) is 11.8 Å². The summed E-state index contributed by atoms with van der Waals surface area (Å²) in [5, 5.41) is 21.3. The highest BCUT2D eigenvalue weighted by Gasteiger charge is 2.36. The number of aromatic carboxylic acids is 1. The predicted octanol–water partition coefficient (Wildman–Crippen LogP) is 6.39. The molecule has 10 heteroatoms. The summed E-state index contributed by atoms with van der Waals surface area (Å²) in [5.74, 6) is -1.09. The molecule has 0 amide bonds. The van der Waals surface area contributed by atoms with Crippen LogP contribution in [0.5, 0.6) is 11.5 Å². The van der Waals surface area contributed by atoms with Crippen LogP contribution in [0.25, 0.3) is 0 Å². The molecule has 1 aliphatic carbocycles. The van der Waals surface area contributed by atoms with E-state index in [1.54, 1.807) is 11.0 Å². The average molecular weight is 565 g/mol. The van der Waals surface area contributed by atoms with Crippen LogP contribution in [0.3, 0.4) is 0 Å². The van der Waals surface area contributed by atoms with E-state index in [4.69, 9.17) is 9.47 Å². The normalized spacial score (nSPS) is 21.3. The summed E-state index contributed by atoms with van der Waals surface area (Å²) in [6.07, 6.45) is -1.86. The number of ether oxygens (including phenoxy) is 2. The Hall–Kier alpha value is -2.82. The number of aliphatic hydroxyl groups excluding tert-OH is 1. The summed E-state index contributed by atoms with van der Waals surface area (Å²) in [6.45, 7) is 8.67. The van der Waals surface area contributed by atoms with Gasteiger partial charge in [-0.05, 0) is 68.5 Å². The number of carbonyl (C=O) groups is 1. The lowest BCUT2D eigenvalue weighted by molar-refractivity contribution is -0.138. The van der Waals surface area contributed by atoms with E-state index < -0.39 is 29.7 Å². The minimum Gasteiger partial charge on any atom is -0.478 e. The molecule has 0 bridgehead atoms. The Bertz CT molecular complexity index is 1160. The fraction of sp³-hybridized carbons (Fsp3) is 0.567. The maximum absolute atomic E-state index is 14.0. The van der Waals surface area contributed by atoms with Gasteiger partial charge in [0.25, 0.3) is 0 Å². The highest BCUT2D eigenvalue weighted by Crippen LogP contribution is 2.41. The number of hydrogen-bond acceptors (Lipinski definition) is 6. The summed E-state index contributed by atoms with van der Waals surface area (Å²) in [4.78, 5) is 16.0. The summed E-state index contributed by atoms with van der Waals surface area (Å²) in [5.41, 5.74) is -0.267. The highest BCUT2D eigenvalue weighted by molar-refractivity contribution is 5.95. The first-order chi connectivity index (χ1) is 18.9. The number of hydrogen-bond donors (Lipinski definition) is 2. The van der Waals surface area contributed by atoms with Crippen molar-refractivity contribution in [2.45, 2.75) is 71.4 Å². The van der Waals surface area contributed by atoms with Crippen molar-refractivity contribution < 1.29 is 37.7 Å². The van der Waals surface area contributed by atoms with Gasteiger partial charge in [-0.2, -0.15) is 13.2 Å². The third-order valence-corrected chi connectivity index (χ3v) is 7.89. The zero-order valence-corrected chi connectivity index (χ0v) is 23.3.